The number of benzene rings is 2. The van der Waals surface area contributed by atoms with Crippen LogP contribution in [0, 0.1) is 5.92 Å². The van der Waals surface area contributed by atoms with Gasteiger partial charge in [0.1, 0.15) is 5.75 Å². The van der Waals surface area contributed by atoms with Gasteiger partial charge in [-0.05, 0) is 49.1 Å². The number of para-hydroxylation sites is 1. The van der Waals surface area contributed by atoms with Gasteiger partial charge >= 0.3 is 6.09 Å². The van der Waals surface area contributed by atoms with E-state index in [9.17, 15) is 13.2 Å². The minimum atomic E-state index is -3.59. The molecule has 144 valence electrons. The van der Waals surface area contributed by atoms with E-state index in [4.69, 9.17) is 16.3 Å². The molecule has 27 heavy (non-hydrogen) atoms. The highest BCUT2D eigenvalue weighted by Gasteiger charge is 2.25. The fourth-order valence-electron chi connectivity index (χ4n) is 2.92. The molecule has 0 bridgehead atoms. The number of likely N-dealkylation sites (tertiary alicyclic amines) is 1. The van der Waals surface area contributed by atoms with Crippen LogP contribution in [0.5, 0.6) is 5.75 Å². The van der Waals surface area contributed by atoms with Gasteiger partial charge in [0.05, 0.1) is 4.90 Å². The van der Waals surface area contributed by atoms with Crippen LogP contribution in [-0.4, -0.2) is 39.0 Å². The molecule has 8 heteroatoms. The highest BCUT2D eigenvalue weighted by Crippen LogP contribution is 2.20. The van der Waals surface area contributed by atoms with Crippen molar-refractivity contribution in [3.63, 3.8) is 0 Å². The Hall–Kier alpha value is -2.09. The van der Waals surface area contributed by atoms with Gasteiger partial charge in [0.2, 0.25) is 10.0 Å². The third-order valence-corrected chi connectivity index (χ3v) is 6.15. The van der Waals surface area contributed by atoms with Crippen molar-refractivity contribution in [1.29, 1.82) is 0 Å². The minimum Gasteiger partial charge on any atom is -0.410 e. The third-order valence-electron chi connectivity index (χ3n) is 4.49. The Balaban J connectivity index is 1.47. The van der Waals surface area contributed by atoms with Crippen molar-refractivity contribution >= 4 is 27.7 Å². The van der Waals surface area contributed by atoms with Crippen molar-refractivity contribution in [2.75, 3.05) is 19.6 Å². The topological polar surface area (TPSA) is 75.7 Å². The molecule has 1 fully saturated rings. The summed E-state index contributed by atoms with van der Waals surface area (Å²) in [5, 5.41) is 0.378. The van der Waals surface area contributed by atoms with Gasteiger partial charge in [-0.15, -0.1) is 0 Å². The lowest BCUT2D eigenvalue weighted by molar-refractivity contribution is 0.131. The molecule has 0 spiro atoms. The molecule has 1 saturated heterocycles. The van der Waals surface area contributed by atoms with Crippen LogP contribution >= 0.6 is 11.6 Å². The lowest BCUT2D eigenvalue weighted by atomic mass is 9.97. The summed E-state index contributed by atoms with van der Waals surface area (Å²) in [6, 6.07) is 15.1. The summed E-state index contributed by atoms with van der Waals surface area (Å²) in [5.74, 6) is 0.679. The molecule has 3 rings (SSSR count). The van der Waals surface area contributed by atoms with Crippen LogP contribution in [0.1, 0.15) is 12.8 Å². The van der Waals surface area contributed by atoms with Gasteiger partial charge in [-0.3, -0.25) is 0 Å². The first kappa shape index (κ1) is 19.7. The molecule has 0 atom stereocenters. The maximum absolute atomic E-state index is 12.3. The van der Waals surface area contributed by atoms with E-state index in [0.717, 1.165) is 0 Å². The van der Waals surface area contributed by atoms with Crippen LogP contribution < -0.4 is 9.46 Å². The van der Waals surface area contributed by atoms with Crippen LogP contribution in [0.15, 0.2) is 59.5 Å². The highest BCUT2D eigenvalue weighted by atomic mass is 35.5. The van der Waals surface area contributed by atoms with Gasteiger partial charge < -0.3 is 9.64 Å². The van der Waals surface area contributed by atoms with E-state index in [1.807, 2.05) is 6.07 Å². The zero-order chi connectivity index (χ0) is 19.3. The zero-order valence-corrected chi connectivity index (χ0v) is 16.2. The number of nitrogens with zero attached hydrogens (tertiary/aromatic N) is 1. The molecular weight excluding hydrogens is 388 g/mol. The Morgan fingerprint density at radius 3 is 2.48 bits per heavy atom. The number of rotatable bonds is 5. The number of hydrogen-bond donors (Lipinski definition) is 1. The van der Waals surface area contributed by atoms with Crippen LogP contribution in [0.25, 0.3) is 0 Å². The average molecular weight is 409 g/mol. The summed E-state index contributed by atoms with van der Waals surface area (Å²) in [5.41, 5.74) is 0. The number of piperidine rings is 1. The molecule has 1 aliphatic rings. The molecule has 0 unspecified atom stereocenters. The molecule has 0 aromatic heterocycles. The second-order valence-electron chi connectivity index (χ2n) is 6.42. The number of hydrogen-bond acceptors (Lipinski definition) is 4. The lowest BCUT2D eigenvalue weighted by Gasteiger charge is -2.31. The van der Waals surface area contributed by atoms with Crippen molar-refractivity contribution in [3.8, 4) is 5.75 Å². The van der Waals surface area contributed by atoms with Gasteiger partial charge in [0.25, 0.3) is 0 Å². The molecule has 0 saturated carbocycles. The normalized spacial score (nSPS) is 15.5. The fourth-order valence-corrected chi connectivity index (χ4v) is 4.34. The van der Waals surface area contributed by atoms with E-state index in [1.165, 1.54) is 12.1 Å². The molecule has 6 nitrogen and oxygen atoms in total. The summed E-state index contributed by atoms with van der Waals surface area (Å²) in [6.45, 7) is 1.40. The Morgan fingerprint density at radius 2 is 1.81 bits per heavy atom. The van der Waals surface area contributed by atoms with E-state index >= 15 is 0 Å². The van der Waals surface area contributed by atoms with E-state index in [2.05, 4.69) is 4.72 Å². The monoisotopic (exact) mass is 408 g/mol. The molecule has 1 N–H and O–H groups in total. The number of amides is 1. The number of sulfonamides is 1. The first-order valence-corrected chi connectivity index (χ1v) is 10.6. The van der Waals surface area contributed by atoms with Gasteiger partial charge in [0, 0.05) is 24.7 Å². The van der Waals surface area contributed by atoms with Crippen LogP contribution in [0.2, 0.25) is 5.02 Å². The molecule has 0 aliphatic carbocycles. The fraction of sp³-hybridized carbons (Fsp3) is 0.316. The minimum absolute atomic E-state index is 0.152. The Labute approximate surface area is 164 Å². The van der Waals surface area contributed by atoms with Crippen molar-refractivity contribution in [2.45, 2.75) is 17.7 Å². The van der Waals surface area contributed by atoms with Crippen LogP contribution in [0.4, 0.5) is 4.79 Å². The SMILES string of the molecule is O=C(Oc1ccccc1)N1CCC(CNS(=O)(=O)c2cccc(Cl)c2)CC1. The number of ether oxygens (including phenoxy) is 1. The van der Waals surface area contributed by atoms with Crippen molar-refractivity contribution in [1.82, 2.24) is 9.62 Å². The van der Waals surface area contributed by atoms with E-state index in [-0.39, 0.29) is 16.9 Å². The van der Waals surface area contributed by atoms with E-state index in [1.54, 1.807) is 41.3 Å². The maximum atomic E-state index is 12.3. The van der Waals surface area contributed by atoms with E-state index in [0.29, 0.717) is 43.2 Å². The maximum Gasteiger partial charge on any atom is 0.415 e. The van der Waals surface area contributed by atoms with Crippen molar-refractivity contribution in [3.05, 3.63) is 59.6 Å². The van der Waals surface area contributed by atoms with Crippen LogP contribution in [0.3, 0.4) is 0 Å². The van der Waals surface area contributed by atoms with E-state index < -0.39 is 10.0 Å². The van der Waals surface area contributed by atoms with Gasteiger partial charge in [-0.1, -0.05) is 35.9 Å². The summed E-state index contributed by atoms with van der Waals surface area (Å²) in [6.07, 6.45) is 1.04. The zero-order valence-electron chi connectivity index (χ0n) is 14.7. The predicted octanol–water partition coefficient (Wildman–Crippen LogP) is 3.53. The summed E-state index contributed by atoms with van der Waals surface area (Å²) >= 11 is 5.86. The van der Waals surface area contributed by atoms with Crippen molar-refractivity contribution in [2.24, 2.45) is 5.92 Å². The molecule has 0 radical (unpaired) electrons. The van der Waals surface area contributed by atoms with Gasteiger partial charge in [-0.25, -0.2) is 17.9 Å². The molecule has 2 aromatic carbocycles. The highest BCUT2D eigenvalue weighted by molar-refractivity contribution is 7.89. The van der Waals surface area contributed by atoms with Gasteiger partial charge in [0.15, 0.2) is 0 Å². The largest absolute Gasteiger partial charge is 0.415 e. The first-order valence-electron chi connectivity index (χ1n) is 8.71. The smallest absolute Gasteiger partial charge is 0.410 e. The average Bonchev–Trinajstić information content (AvgIpc) is 2.68. The number of halogens is 1. The summed E-state index contributed by atoms with van der Waals surface area (Å²) < 4.78 is 32.7. The predicted molar refractivity (Wildman–Crippen MR) is 103 cm³/mol. The number of nitrogens with one attached hydrogen (secondary N) is 1. The molecule has 2 aromatic rings. The molecular formula is C19H21ClN2O4S. The standard InChI is InChI=1S/C19H21ClN2O4S/c20-16-5-4-8-18(13-16)27(24,25)21-14-15-9-11-22(12-10-15)19(23)26-17-6-2-1-3-7-17/h1-8,13,15,21H,9-12,14H2. The second-order valence-corrected chi connectivity index (χ2v) is 8.62. The second kappa shape index (κ2) is 8.73. The Bertz CT molecular complexity index is 882. The number of carbonyl (C=O) groups is 1. The lowest BCUT2D eigenvalue weighted by Crippen LogP contribution is -2.42. The number of carbonyl (C=O) groups excluding carboxylic acids is 1. The van der Waals surface area contributed by atoms with Crippen LogP contribution in [-0.2, 0) is 10.0 Å². The Morgan fingerprint density at radius 1 is 1.11 bits per heavy atom. The molecule has 1 amide bonds. The first-order chi connectivity index (χ1) is 12.9. The molecule has 1 heterocycles. The quantitative estimate of drug-likeness (QED) is 0.821. The van der Waals surface area contributed by atoms with Gasteiger partial charge in [-0.2, -0.15) is 0 Å². The Kier molecular flexibility index (Phi) is 6.36. The third kappa shape index (κ3) is 5.45. The summed E-state index contributed by atoms with van der Waals surface area (Å²) in [7, 11) is -3.59. The van der Waals surface area contributed by atoms with Crippen molar-refractivity contribution < 1.29 is 17.9 Å². The summed E-state index contributed by atoms with van der Waals surface area (Å²) in [4.78, 5) is 14.0. The molecule has 1 aliphatic heterocycles.